The third kappa shape index (κ3) is 6.89. The van der Waals surface area contributed by atoms with Gasteiger partial charge in [-0.1, -0.05) is 91.9 Å². The molecule has 0 amide bonds. The molecule has 0 atom stereocenters. The molecule has 0 aliphatic carbocycles. The average Bonchev–Trinajstić information content (AvgIpc) is 3.86. The molecular weight excluding hydrogens is 805 g/mol. The summed E-state index contributed by atoms with van der Waals surface area (Å²) in [7, 11) is -8.43. The zero-order valence-electron chi connectivity index (χ0n) is 31.7. The van der Waals surface area contributed by atoms with E-state index < -0.39 is 26.3 Å². The minimum absolute atomic E-state index is 0.0300. The highest BCUT2D eigenvalue weighted by molar-refractivity contribution is 7.87. The van der Waals surface area contributed by atoms with Crippen LogP contribution in [0.4, 0.5) is 0 Å². The molecule has 0 aliphatic rings. The van der Waals surface area contributed by atoms with E-state index in [0.29, 0.717) is 38.7 Å². The molecule has 0 saturated heterocycles. The maximum atomic E-state index is 14.1. The number of nitrogens with zero attached hydrogens (tertiary/aromatic N) is 2. The van der Waals surface area contributed by atoms with E-state index >= 15 is 0 Å². The Morgan fingerprint density at radius 3 is 1.38 bits per heavy atom. The van der Waals surface area contributed by atoms with Crippen LogP contribution in [0.15, 0.2) is 143 Å². The average molecular weight is 841 g/mol. The minimum Gasteiger partial charge on any atom is -0.266 e. The Morgan fingerprint density at radius 2 is 0.966 bits per heavy atom. The number of hydrogen-bond donors (Lipinski definition) is 0. The number of thiazole rings is 2. The first kappa shape index (κ1) is 38.2. The Hall–Kier alpha value is -5.34. The van der Waals surface area contributed by atoms with Gasteiger partial charge >= 0.3 is 0 Å². The summed E-state index contributed by atoms with van der Waals surface area (Å²) in [5.41, 5.74) is 5.53. The molecule has 9 aromatic rings. The van der Waals surface area contributed by atoms with Crippen molar-refractivity contribution in [2.45, 2.75) is 43.1 Å². The maximum Gasteiger partial charge on any atom is 0.297 e. The van der Waals surface area contributed by atoms with Gasteiger partial charge in [0, 0.05) is 11.1 Å². The second-order valence-electron chi connectivity index (χ2n) is 14.1. The van der Waals surface area contributed by atoms with E-state index in [1.54, 1.807) is 26.0 Å². The van der Waals surface area contributed by atoms with Crippen molar-refractivity contribution < 1.29 is 25.2 Å². The van der Waals surface area contributed by atoms with Gasteiger partial charge in [0.25, 0.3) is 20.2 Å². The van der Waals surface area contributed by atoms with Crippen LogP contribution in [-0.4, -0.2) is 39.5 Å². The quantitative estimate of drug-likeness (QED) is 0.0934. The fourth-order valence-electron chi connectivity index (χ4n) is 7.41. The van der Waals surface area contributed by atoms with Crippen LogP contribution in [-0.2, 0) is 28.6 Å². The first-order valence-corrected chi connectivity index (χ1v) is 23.2. The number of benzene rings is 7. The Kier molecular flexibility index (Phi) is 9.95. The van der Waals surface area contributed by atoms with E-state index in [4.69, 9.17) is 18.3 Å². The van der Waals surface area contributed by atoms with Crippen molar-refractivity contribution in [3.05, 3.63) is 133 Å². The summed E-state index contributed by atoms with van der Waals surface area (Å²) in [6.07, 6.45) is -0.0553. The summed E-state index contributed by atoms with van der Waals surface area (Å²) < 4.78 is 69.2. The molecule has 0 bridgehead atoms. The van der Waals surface area contributed by atoms with Crippen molar-refractivity contribution in [1.82, 2.24) is 9.97 Å². The molecule has 0 unspecified atom stereocenters. The number of fused-ring (bicyclic) bond motifs is 4. The molecule has 0 fully saturated rings. The van der Waals surface area contributed by atoms with Crippen molar-refractivity contribution in [3.63, 3.8) is 0 Å². The molecule has 0 radical (unpaired) electrons. The van der Waals surface area contributed by atoms with E-state index in [0.717, 1.165) is 53.1 Å². The van der Waals surface area contributed by atoms with E-state index in [9.17, 15) is 16.8 Å². The lowest BCUT2D eigenvalue weighted by Crippen LogP contribution is -2.13. The minimum atomic E-state index is -4.23. The van der Waals surface area contributed by atoms with Crippen LogP contribution < -0.4 is 0 Å². The molecule has 0 spiro atoms. The molecule has 9 rings (SSSR count). The molecule has 12 heteroatoms. The smallest absolute Gasteiger partial charge is 0.266 e. The van der Waals surface area contributed by atoms with Crippen LogP contribution >= 0.6 is 22.7 Å². The highest BCUT2D eigenvalue weighted by Crippen LogP contribution is 2.47. The van der Waals surface area contributed by atoms with Gasteiger partial charge in [0.15, 0.2) is 0 Å². The van der Waals surface area contributed by atoms with Crippen LogP contribution in [0, 0.1) is 0 Å². The van der Waals surface area contributed by atoms with Gasteiger partial charge in [-0.2, -0.15) is 16.8 Å². The number of hydrogen-bond acceptors (Lipinski definition) is 10. The number of para-hydroxylation sites is 2. The predicted molar refractivity (Wildman–Crippen MR) is 236 cm³/mol. The Labute approximate surface area is 344 Å². The topological polar surface area (TPSA) is 113 Å². The molecule has 7 aromatic carbocycles. The van der Waals surface area contributed by atoms with Crippen molar-refractivity contribution in [1.29, 1.82) is 0 Å². The Bertz CT molecular complexity index is 3160. The molecule has 0 saturated carbocycles. The van der Waals surface area contributed by atoms with Gasteiger partial charge in [0.05, 0.1) is 33.1 Å². The van der Waals surface area contributed by atoms with E-state index in [1.807, 2.05) is 128 Å². The highest BCUT2D eigenvalue weighted by atomic mass is 32.2. The third-order valence-corrected chi connectivity index (χ3v) is 14.8. The third-order valence-electron chi connectivity index (χ3n) is 9.82. The summed E-state index contributed by atoms with van der Waals surface area (Å²) in [6, 6.07) is 42.2. The molecule has 2 heterocycles. The monoisotopic (exact) mass is 840 g/mol. The van der Waals surface area contributed by atoms with Gasteiger partial charge in [0.1, 0.15) is 19.8 Å². The van der Waals surface area contributed by atoms with Gasteiger partial charge in [-0.3, -0.25) is 8.37 Å². The zero-order chi connectivity index (χ0) is 40.2. The van der Waals surface area contributed by atoms with Crippen molar-refractivity contribution in [2.24, 2.45) is 0 Å². The fraction of sp³-hybridized carbons (Fsp3) is 0.130. The van der Waals surface area contributed by atoms with Gasteiger partial charge in [0.2, 0.25) is 0 Å². The molecule has 8 nitrogen and oxygen atoms in total. The summed E-state index contributed by atoms with van der Waals surface area (Å²) in [5, 5.41) is 4.60. The lowest BCUT2D eigenvalue weighted by atomic mass is 9.85. The molecular formula is C46H36N2O6S4. The van der Waals surface area contributed by atoms with Crippen LogP contribution in [0.1, 0.15) is 27.2 Å². The van der Waals surface area contributed by atoms with Crippen LogP contribution in [0.3, 0.4) is 0 Å². The van der Waals surface area contributed by atoms with Crippen molar-refractivity contribution in [3.8, 4) is 43.4 Å². The highest BCUT2D eigenvalue weighted by Gasteiger charge is 2.28. The molecule has 0 aliphatic heterocycles. The second-order valence-corrected chi connectivity index (χ2v) is 19.3. The summed E-state index contributed by atoms with van der Waals surface area (Å²) in [5.74, 6) is 0. The molecule has 2 aromatic heterocycles. The standard InChI is InChI=1S/C46H36N2O6S4/c1-4-25-53-57(49,50)41-26-29(21-23-35(41)45-47-37-17-9-11-19-39(37)55-45)43-31-13-5-7-15-33(31)44(34-16-8-6-14-32(34)43)30-22-24-36(42(27-30)58(51,52)54-28(2)3)46-48-38-18-10-12-20-40(38)56-46/h5-24,26-28H,4,25H2,1-3H3. The lowest BCUT2D eigenvalue weighted by Gasteiger charge is -2.20. The van der Waals surface area contributed by atoms with Crippen LogP contribution in [0.5, 0.6) is 0 Å². The van der Waals surface area contributed by atoms with Crippen LogP contribution in [0.25, 0.3) is 85.4 Å². The van der Waals surface area contributed by atoms with E-state index in [2.05, 4.69) is 0 Å². The first-order valence-electron chi connectivity index (χ1n) is 18.8. The van der Waals surface area contributed by atoms with Crippen molar-refractivity contribution in [2.75, 3.05) is 6.61 Å². The molecule has 290 valence electrons. The largest absolute Gasteiger partial charge is 0.297 e. The van der Waals surface area contributed by atoms with Gasteiger partial charge < -0.3 is 0 Å². The number of aromatic nitrogens is 2. The van der Waals surface area contributed by atoms with Crippen molar-refractivity contribution >= 4 is 84.9 Å². The van der Waals surface area contributed by atoms with E-state index in [-0.39, 0.29) is 16.4 Å². The first-order chi connectivity index (χ1) is 28.0. The fourth-order valence-corrected chi connectivity index (χ4v) is 12.1. The second kappa shape index (κ2) is 15.1. The SMILES string of the molecule is CCCOS(=O)(=O)c1cc(-c2c3ccccc3c(-c3ccc(-c4nc5ccccc5s4)c(S(=O)(=O)OC(C)C)c3)c3ccccc23)ccc1-c1nc2ccccc2s1. The van der Waals surface area contributed by atoms with Crippen LogP contribution in [0.2, 0.25) is 0 Å². The summed E-state index contributed by atoms with van der Waals surface area (Å²) in [4.78, 5) is 9.68. The zero-order valence-corrected chi connectivity index (χ0v) is 34.9. The molecule has 58 heavy (non-hydrogen) atoms. The summed E-state index contributed by atoms with van der Waals surface area (Å²) in [6.45, 7) is 5.29. The van der Waals surface area contributed by atoms with Gasteiger partial charge in [-0.15, -0.1) is 22.7 Å². The van der Waals surface area contributed by atoms with Gasteiger partial charge in [-0.25, -0.2) is 9.97 Å². The number of rotatable bonds is 11. The lowest BCUT2D eigenvalue weighted by molar-refractivity contribution is 0.249. The summed E-state index contributed by atoms with van der Waals surface area (Å²) >= 11 is 2.86. The van der Waals surface area contributed by atoms with E-state index in [1.165, 1.54) is 22.7 Å². The Balaban J connectivity index is 1.28. The predicted octanol–water partition coefficient (Wildman–Crippen LogP) is 12.1. The van der Waals surface area contributed by atoms with Gasteiger partial charge in [-0.05, 0) is 113 Å². The Morgan fingerprint density at radius 1 is 0.552 bits per heavy atom. The molecule has 0 N–H and O–H groups in total. The normalized spacial score (nSPS) is 12.4. The maximum absolute atomic E-state index is 14.1.